The zero-order valence-corrected chi connectivity index (χ0v) is 10.4. The summed E-state index contributed by atoms with van der Waals surface area (Å²) in [5.74, 6) is 0.184. The molecule has 1 amide bonds. The highest BCUT2D eigenvalue weighted by Crippen LogP contribution is 2.44. The van der Waals surface area contributed by atoms with Crippen LogP contribution in [0.2, 0.25) is 0 Å². The fourth-order valence-corrected chi connectivity index (χ4v) is 2.97. The van der Waals surface area contributed by atoms with Crippen molar-refractivity contribution in [1.29, 1.82) is 0 Å². The molecule has 1 saturated heterocycles. The van der Waals surface area contributed by atoms with Crippen molar-refractivity contribution in [3.05, 3.63) is 30.3 Å². The average Bonchev–Trinajstić information content (AvgIpc) is 2.48. The van der Waals surface area contributed by atoms with Gasteiger partial charge in [-0.05, 0) is 45.2 Å². The molecule has 1 aromatic carbocycles. The van der Waals surface area contributed by atoms with E-state index >= 15 is 0 Å². The van der Waals surface area contributed by atoms with Crippen molar-refractivity contribution in [2.24, 2.45) is 0 Å². The van der Waals surface area contributed by atoms with E-state index in [0.29, 0.717) is 0 Å². The number of rotatable bonds is 1. The molecule has 1 saturated carbocycles. The van der Waals surface area contributed by atoms with Gasteiger partial charge in [-0.3, -0.25) is 15.0 Å². The van der Waals surface area contributed by atoms with Crippen LogP contribution < -0.4 is 10.2 Å². The molecule has 2 fully saturated rings. The van der Waals surface area contributed by atoms with Crippen LogP contribution >= 0.6 is 0 Å². The summed E-state index contributed by atoms with van der Waals surface area (Å²) in [6.07, 6.45) is 3.30. The summed E-state index contributed by atoms with van der Waals surface area (Å²) >= 11 is 0. The highest BCUT2D eigenvalue weighted by Gasteiger charge is 2.57. The fourth-order valence-electron chi connectivity index (χ4n) is 2.97. The molecule has 1 aliphatic carbocycles. The number of hydrogen-bond donors (Lipinski definition) is 1. The van der Waals surface area contributed by atoms with Gasteiger partial charge in [0.15, 0.2) is 0 Å². The van der Waals surface area contributed by atoms with Gasteiger partial charge in [-0.15, -0.1) is 0 Å². The Kier molecular flexibility index (Phi) is 2.11. The van der Waals surface area contributed by atoms with Crippen molar-refractivity contribution >= 4 is 11.6 Å². The highest BCUT2D eigenvalue weighted by atomic mass is 16.2. The molecule has 1 aromatic rings. The minimum Gasteiger partial charge on any atom is -0.292 e. The van der Waals surface area contributed by atoms with Gasteiger partial charge in [-0.25, -0.2) is 0 Å². The first-order valence-corrected chi connectivity index (χ1v) is 6.24. The molecule has 3 heteroatoms. The maximum absolute atomic E-state index is 12.5. The molecule has 17 heavy (non-hydrogen) atoms. The third kappa shape index (κ3) is 1.42. The number of anilines is 1. The van der Waals surface area contributed by atoms with Crippen LogP contribution in [0, 0.1) is 0 Å². The Morgan fingerprint density at radius 2 is 1.82 bits per heavy atom. The summed E-state index contributed by atoms with van der Waals surface area (Å²) in [6.45, 7) is 3.94. The summed E-state index contributed by atoms with van der Waals surface area (Å²) in [4.78, 5) is 14.5. The molecule has 1 N–H and O–H groups in total. The lowest BCUT2D eigenvalue weighted by molar-refractivity contribution is -0.121. The summed E-state index contributed by atoms with van der Waals surface area (Å²) in [7, 11) is 0. The van der Waals surface area contributed by atoms with Gasteiger partial charge in [0.25, 0.3) is 0 Å². The Hall–Kier alpha value is -1.35. The number of nitrogens with zero attached hydrogens (tertiary/aromatic N) is 1. The van der Waals surface area contributed by atoms with Gasteiger partial charge in [0.05, 0.1) is 11.2 Å². The van der Waals surface area contributed by atoms with Crippen LogP contribution in [0.15, 0.2) is 30.3 Å². The number of para-hydroxylation sites is 1. The molecule has 1 spiro atoms. The summed E-state index contributed by atoms with van der Waals surface area (Å²) < 4.78 is 0. The van der Waals surface area contributed by atoms with Crippen LogP contribution in [-0.2, 0) is 4.79 Å². The molecular weight excluding hydrogens is 212 g/mol. The summed E-state index contributed by atoms with van der Waals surface area (Å²) in [6, 6.07) is 9.98. The maximum Gasteiger partial charge on any atom is 0.248 e. The molecule has 0 bridgehead atoms. The second kappa shape index (κ2) is 3.33. The molecule has 3 rings (SSSR count). The number of nitrogens with one attached hydrogen (secondary N) is 1. The van der Waals surface area contributed by atoms with Crippen molar-refractivity contribution < 1.29 is 4.79 Å². The van der Waals surface area contributed by atoms with Crippen molar-refractivity contribution in [1.82, 2.24) is 5.32 Å². The van der Waals surface area contributed by atoms with Gasteiger partial charge in [-0.2, -0.15) is 0 Å². The third-order valence-electron chi connectivity index (χ3n) is 3.91. The molecule has 0 unspecified atom stereocenters. The van der Waals surface area contributed by atoms with Crippen LogP contribution in [-0.4, -0.2) is 17.1 Å². The van der Waals surface area contributed by atoms with E-state index in [1.165, 1.54) is 6.42 Å². The number of carbonyl (C=O) groups excluding carboxylic acids is 1. The number of hydrogen-bond acceptors (Lipinski definition) is 2. The van der Waals surface area contributed by atoms with E-state index in [1.54, 1.807) is 0 Å². The van der Waals surface area contributed by atoms with E-state index in [1.807, 2.05) is 49.1 Å². The molecule has 3 nitrogen and oxygen atoms in total. The van der Waals surface area contributed by atoms with E-state index in [0.717, 1.165) is 18.5 Å². The molecule has 2 aliphatic rings. The summed E-state index contributed by atoms with van der Waals surface area (Å²) in [5.41, 5.74) is 0.438. The maximum atomic E-state index is 12.5. The zero-order chi connectivity index (χ0) is 12.1. The lowest BCUT2D eigenvalue weighted by Crippen LogP contribution is -2.58. The van der Waals surface area contributed by atoms with Crippen molar-refractivity contribution in [2.45, 2.75) is 44.3 Å². The first kappa shape index (κ1) is 10.8. The predicted molar refractivity (Wildman–Crippen MR) is 67.7 cm³/mol. The first-order chi connectivity index (χ1) is 8.05. The van der Waals surface area contributed by atoms with Crippen molar-refractivity contribution in [2.75, 3.05) is 4.90 Å². The minimum atomic E-state index is -0.448. The number of benzene rings is 1. The van der Waals surface area contributed by atoms with E-state index in [2.05, 4.69) is 5.32 Å². The average molecular weight is 230 g/mol. The van der Waals surface area contributed by atoms with E-state index in [9.17, 15) is 4.79 Å². The Balaban J connectivity index is 2.05. The smallest absolute Gasteiger partial charge is 0.248 e. The summed E-state index contributed by atoms with van der Waals surface area (Å²) in [5, 5.41) is 3.52. The molecular formula is C14H18N2O. The van der Waals surface area contributed by atoms with E-state index in [-0.39, 0.29) is 11.6 Å². The largest absolute Gasteiger partial charge is 0.292 e. The SMILES string of the molecule is CC1(C)NC2(CCC2)N(c2ccccc2)C1=O. The predicted octanol–water partition coefficient (Wildman–Crippen LogP) is 2.28. The zero-order valence-electron chi connectivity index (χ0n) is 10.4. The van der Waals surface area contributed by atoms with Crippen molar-refractivity contribution in [3.63, 3.8) is 0 Å². The molecule has 0 radical (unpaired) electrons. The minimum absolute atomic E-state index is 0.123. The van der Waals surface area contributed by atoms with Gasteiger partial charge in [-0.1, -0.05) is 18.2 Å². The quantitative estimate of drug-likeness (QED) is 0.802. The van der Waals surface area contributed by atoms with Crippen molar-refractivity contribution in [3.8, 4) is 0 Å². The van der Waals surface area contributed by atoms with E-state index in [4.69, 9.17) is 0 Å². The topological polar surface area (TPSA) is 32.3 Å². The second-order valence-corrected chi connectivity index (χ2v) is 5.61. The molecule has 1 aliphatic heterocycles. The van der Waals surface area contributed by atoms with Gasteiger partial charge in [0, 0.05) is 5.69 Å². The Morgan fingerprint density at radius 1 is 1.18 bits per heavy atom. The van der Waals surface area contributed by atoms with Crippen LogP contribution in [0.3, 0.4) is 0 Å². The standard InChI is InChI=1S/C14H18N2O/c1-13(2)12(17)16(11-7-4-3-5-8-11)14(15-13)9-6-10-14/h3-5,7-8,15H,6,9-10H2,1-2H3. The van der Waals surface area contributed by atoms with Gasteiger partial charge in [0.1, 0.15) is 0 Å². The second-order valence-electron chi connectivity index (χ2n) is 5.61. The Morgan fingerprint density at radius 3 is 2.35 bits per heavy atom. The van der Waals surface area contributed by atoms with E-state index < -0.39 is 5.54 Å². The van der Waals surface area contributed by atoms with Crippen LogP contribution in [0.1, 0.15) is 33.1 Å². The highest BCUT2D eigenvalue weighted by molar-refractivity contribution is 6.03. The van der Waals surface area contributed by atoms with Gasteiger partial charge in [0.2, 0.25) is 5.91 Å². The normalized spacial score (nSPS) is 25.1. The lowest BCUT2D eigenvalue weighted by Gasteiger charge is -2.45. The molecule has 0 aromatic heterocycles. The van der Waals surface area contributed by atoms with Crippen LogP contribution in [0.4, 0.5) is 5.69 Å². The molecule has 1 heterocycles. The Labute approximate surface area is 102 Å². The number of amides is 1. The Bertz CT molecular complexity index is 449. The van der Waals surface area contributed by atoms with Crippen LogP contribution in [0.25, 0.3) is 0 Å². The number of carbonyl (C=O) groups is 1. The monoisotopic (exact) mass is 230 g/mol. The van der Waals surface area contributed by atoms with Crippen LogP contribution in [0.5, 0.6) is 0 Å². The fraction of sp³-hybridized carbons (Fsp3) is 0.500. The lowest BCUT2D eigenvalue weighted by atomic mass is 9.84. The third-order valence-corrected chi connectivity index (χ3v) is 3.91. The van der Waals surface area contributed by atoms with Gasteiger partial charge >= 0.3 is 0 Å². The molecule has 0 atom stereocenters. The first-order valence-electron chi connectivity index (χ1n) is 6.24. The molecule has 90 valence electrons. The van der Waals surface area contributed by atoms with Gasteiger partial charge < -0.3 is 0 Å².